The van der Waals surface area contributed by atoms with Crippen LogP contribution in [0.25, 0.3) is 0 Å². The molecule has 0 aromatic carbocycles. The Morgan fingerprint density at radius 3 is 2.62 bits per heavy atom. The predicted molar refractivity (Wildman–Crippen MR) is 97.9 cm³/mol. The van der Waals surface area contributed by atoms with E-state index >= 15 is 0 Å². The molecule has 134 valence electrons. The van der Waals surface area contributed by atoms with Crippen molar-refractivity contribution in [2.24, 2.45) is 0 Å². The molecule has 0 spiro atoms. The van der Waals surface area contributed by atoms with E-state index in [1.807, 2.05) is 0 Å². The van der Waals surface area contributed by atoms with E-state index < -0.39 is 0 Å². The Morgan fingerprint density at radius 2 is 1.92 bits per heavy atom. The number of hydrogen-bond acceptors (Lipinski definition) is 4. The Hall–Kier alpha value is -0.970. The average molecular weight is 332 g/mol. The molecular formula is C20H33N3O. The number of aliphatic hydroxyl groups excluding tert-OH is 1. The van der Waals surface area contributed by atoms with E-state index in [2.05, 4.69) is 39.9 Å². The molecule has 0 bridgehead atoms. The van der Waals surface area contributed by atoms with Crippen LogP contribution in [0.15, 0.2) is 18.2 Å². The van der Waals surface area contributed by atoms with E-state index in [9.17, 15) is 5.11 Å². The zero-order chi connectivity index (χ0) is 16.8. The molecule has 24 heavy (non-hydrogen) atoms. The van der Waals surface area contributed by atoms with Gasteiger partial charge < -0.3 is 5.11 Å². The van der Waals surface area contributed by atoms with Gasteiger partial charge in [0.25, 0.3) is 0 Å². The minimum atomic E-state index is 0.279. The van der Waals surface area contributed by atoms with Gasteiger partial charge in [0.05, 0.1) is 5.69 Å². The van der Waals surface area contributed by atoms with Crippen molar-refractivity contribution in [3.8, 4) is 0 Å². The number of aliphatic hydroxyl groups is 1. The summed E-state index contributed by atoms with van der Waals surface area (Å²) < 4.78 is 0. The highest BCUT2D eigenvalue weighted by molar-refractivity contribution is 5.10. The van der Waals surface area contributed by atoms with Crippen molar-refractivity contribution in [2.45, 2.75) is 70.5 Å². The van der Waals surface area contributed by atoms with Crippen LogP contribution < -0.4 is 0 Å². The Morgan fingerprint density at radius 1 is 1.12 bits per heavy atom. The lowest BCUT2D eigenvalue weighted by Gasteiger charge is -2.44. The molecule has 4 nitrogen and oxygen atoms in total. The van der Waals surface area contributed by atoms with Crippen molar-refractivity contribution in [3.63, 3.8) is 0 Å². The van der Waals surface area contributed by atoms with Gasteiger partial charge in [0.1, 0.15) is 0 Å². The maximum Gasteiger partial charge on any atom is 0.0547 e. The lowest BCUT2D eigenvalue weighted by Crippen LogP contribution is -2.55. The molecule has 0 amide bonds. The van der Waals surface area contributed by atoms with Crippen molar-refractivity contribution in [2.75, 3.05) is 26.2 Å². The minimum absolute atomic E-state index is 0.279. The van der Waals surface area contributed by atoms with E-state index in [0.717, 1.165) is 43.5 Å². The molecule has 1 aromatic heterocycles. The second-order valence-electron chi connectivity index (χ2n) is 7.55. The number of pyridine rings is 1. The molecule has 1 aliphatic heterocycles. The van der Waals surface area contributed by atoms with E-state index in [0.29, 0.717) is 6.04 Å². The highest BCUT2D eigenvalue weighted by Crippen LogP contribution is 2.25. The van der Waals surface area contributed by atoms with Gasteiger partial charge in [-0.3, -0.25) is 14.8 Å². The van der Waals surface area contributed by atoms with Gasteiger partial charge in [0.15, 0.2) is 0 Å². The summed E-state index contributed by atoms with van der Waals surface area (Å²) in [5.41, 5.74) is 2.24. The van der Waals surface area contributed by atoms with Crippen molar-refractivity contribution in [1.82, 2.24) is 14.8 Å². The molecule has 1 aromatic rings. The van der Waals surface area contributed by atoms with Crippen LogP contribution in [0.3, 0.4) is 0 Å². The molecule has 1 atom stereocenters. The fourth-order valence-electron chi connectivity index (χ4n) is 4.40. The highest BCUT2D eigenvalue weighted by Gasteiger charge is 2.30. The molecule has 3 rings (SSSR count). The molecule has 1 aliphatic carbocycles. The topological polar surface area (TPSA) is 39.6 Å². The Labute approximate surface area is 146 Å². The molecular weight excluding hydrogens is 298 g/mol. The summed E-state index contributed by atoms with van der Waals surface area (Å²) in [7, 11) is 0. The van der Waals surface area contributed by atoms with Crippen LogP contribution in [0.4, 0.5) is 0 Å². The molecule has 2 aliphatic rings. The molecule has 1 unspecified atom stereocenters. The SMILES string of the molecule is Cc1cccc(CN2CCN(C3CCCCCC3)CC2CCO)n1. The lowest BCUT2D eigenvalue weighted by atomic mass is 10.0. The van der Waals surface area contributed by atoms with Crippen molar-refractivity contribution in [3.05, 3.63) is 29.6 Å². The van der Waals surface area contributed by atoms with Crippen molar-refractivity contribution < 1.29 is 5.11 Å². The molecule has 1 saturated heterocycles. The van der Waals surface area contributed by atoms with Crippen molar-refractivity contribution >= 4 is 0 Å². The molecule has 1 saturated carbocycles. The van der Waals surface area contributed by atoms with Gasteiger partial charge in [0.2, 0.25) is 0 Å². The first-order valence-electron chi connectivity index (χ1n) is 9.78. The summed E-state index contributed by atoms with van der Waals surface area (Å²) in [5, 5.41) is 9.53. The monoisotopic (exact) mass is 331 g/mol. The summed E-state index contributed by atoms with van der Waals surface area (Å²) in [6.07, 6.45) is 9.21. The Bertz CT molecular complexity index is 499. The number of aryl methyl sites for hydroxylation is 1. The third-order valence-corrected chi connectivity index (χ3v) is 5.75. The number of aromatic nitrogens is 1. The van der Waals surface area contributed by atoms with Crippen LogP contribution in [0, 0.1) is 6.92 Å². The third kappa shape index (κ3) is 4.78. The molecule has 1 N–H and O–H groups in total. The van der Waals surface area contributed by atoms with Gasteiger partial charge in [-0.1, -0.05) is 31.7 Å². The first kappa shape index (κ1) is 17.8. The first-order valence-corrected chi connectivity index (χ1v) is 9.78. The Balaban J connectivity index is 1.62. The summed E-state index contributed by atoms with van der Waals surface area (Å²) >= 11 is 0. The van der Waals surface area contributed by atoms with Crippen LogP contribution in [0.2, 0.25) is 0 Å². The van der Waals surface area contributed by atoms with Gasteiger partial charge >= 0.3 is 0 Å². The van der Waals surface area contributed by atoms with Gasteiger partial charge in [-0.2, -0.15) is 0 Å². The zero-order valence-corrected chi connectivity index (χ0v) is 15.2. The maximum absolute atomic E-state index is 9.53. The highest BCUT2D eigenvalue weighted by atomic mass is 16.3. The second kappa shape index (κ2) is 8.93. The summed E-state index contributed by atoms with van der Waals surface area (Å²) in [6, 6.07) is 7.50. The summed E-state index contributed by atoms with van der Waals surface area (Å²) in [4.78, 5) is 9.91. The maximum atomic E-state index is 9.53. The van der Waals surface area contributed by atoms with E-state index in [1.54, 1.807) is 0 Å². The predicted octanol–water partition coefficient (Wildman–Crippen LogP) is 2.98. The molecule has 4 heteroatoms. The van der Waals surface area contributed by atoms with E-state index in [4.69, 9.17) is 0 Å². The van der Waals surface area contributed by atoms with Crippen LogP contribution in [-0.2, 0) is 6.54 Å². The first-order chi connectivity index (χ1) is 11.8. The largest absolute Gasteiger partial charge is 0.396 e. The van der Waals surface area contributed by atoms with Crippen LogP contribution in [0.5, 0.6) is 0 Å². The van der Waals surface area contributed by atoms with Crippen molar-refractivity contribution in [1.29, 1.82) is 0 Å². The van der Waals surface area contributed by atoms with Gasteiger partial charge in [-0.05, 0) is 38.3 Å². The van der Waals surface area contributed by atoms with Gasteiger partial charge in [0, 0.05) is 50.6 Å². The van der Waals surface area contributed by atoms with Gasteiger partial charge in [-0.25, -0.2) is 0 Å². The quantitative estimate of drug-likeness (QED) is 0.842. The summed E-state index contributed by atoms with van der Waals surface area (Å²) in [6.45, 7) is 6.61. The zero-order valence-electron chi connectivity index (χ0n) is 15.2. The van der Waals surface area contributed by atoms with Crippen LogP contribution in [0.1, 0.15) is 56.3 Å². The third-order valence-electron chi connectivity index (χ3n) is 5.75. The number of nitrogens with zero attached hydrogens (tertiary/aromatic N) is 3. The lowest BCUT2D eigenvalue weighted by molar-refractivity contribution is 0.0269. The molecule has 2 fully saturated rings. The van der Waals surface area contributed by atoms with Crippen LogP contribution >= 0.6 is 0 Å². The van der Waals surface area contributed by atoms with E-state index in [1.165, 1.54) is 45.1 Å². The van der Waals surface area contributed by atoms with Gasteiger partial charge in [-0.15, -0.1) is 0 Å². The average Bonchev–Trinajstić information content (AvgIpc) is 2.86. The number of piperazine rings is 1. The second-order valence-corrected chi connectivity index (χ2v) is 7.55. The Kier molecular flexibility index (Phi) is 6.64. The van der Waals surface area contributed by atoms with E-state index in [-0.39, 0.29) is 6.61 Å². The smallest absolute Gasteiger partial charge is 0.0547 e. The normalized spacial score (nSPS) is 24.8. The fourth-order valence-corrected chi connectivity index (χ4v) is 4.40. The van der Waals surface area contributed by atoms with Crippen LogP contribution in [-0.4, -0.2) is 58.2 Å². The fraction of sp³-hybridized carbons (Fsp3) is 0.750. The minimum Gasteiger partial charge on any atom is -0.396 e. The standard InChI is InChI=1S/C20H33N3O/c1-17-7-6-8-18(21-17)15-22-12-13-23(16-20(22)11-14-24)19-9-4-2-3-5-10-19/h6-8,19-20,24H,2-5,9-16H2,1H3. The number of hydrogen-bond donors (Lipinski definition) is 1. The summed E-state index contributed by atoms with van der Waals surface area (Å²) in [5.74, 6) is 0. The number of rotatable bonds is 5. The molecule has 2 heterocycles. The molecule has 0 radical (unpaired) electrons.